The highest BCUT2D eigenvalue weighted by Crippen LogP contribution is 2.44. The molecule has 1 aliphatic rings. The number of rotatable bonds is 4. The van der Waals surface area contributed by atoms with E-state index in [2.05, 4.69) is 45.1 Å². The fraction of sp³-hybridized carbons (Fsp3) is 0.692. The van der Waals surface area contributed by atoms with Gasteiger partial charge in [-0.1, -0.05) is 13.8 Å². The van der Waals surface area contributed by atoms with Crippen LogP contribution < -0.4 is 5.32 Å². The summed E-state index contributed by atoms with van der Waals surface area (Å²) in [6, 6.07) is 2.31. The second-order valence-electron chi connectivity index (χ2n) is 5.32. The highest BCUT2D eigenvalue weighted by molar-refractivity contribution is 9.10. The van der Waals surface area contributed by atoms with Crippen molar-refractivity contribution in [2.45, 2.75) is 46.3 Å². The average molecular weight is 314 g/mol. The molecule has 0 bridgehead atoms. The fourth-order valence-electron chi connectivity index (χ4n) is 2.40. The Balaban J connectivity index is 2.03. The Hall–Kier alpha value is -0.680. The lowest BCUT2D eigenvalue weighted by Crippen LogP contribution is -2.58. The lowest BCUT2D eigenvalue weighted by molar-refractivity contribution is -0.0976. The van der Waals surface area contributed by atoms with E-state index in [0.717, 1.165) is 29.3 Å². The molecule has 4 nitrogen and oxygen atoms in total. The van der Waals surface area contributed by atoms with Crippen molar-refractivity contribution in [3.05, 3.63) is 16.5 Å². The van der Waals surface area contributed by atoms with E-state index in [0.29, 0.717) is 12.1 Å². The molecule has 1 aromatic heterocycles. The third kappa shape index (κ3) is 2.67. The first-order valence-corrected chi connectivity index (χ1v) is 7.12. The Morgan fingerprint density at radius 1 is 1.50 bits per heavy atom. The van der Waals surface area contributed by atoms with Crippen LogP contribution in [0.2, 0.25) is 0 Å². The molecule has 1 N–H and O–H groups in total. The van der Waals surface area contributed by atoms with Crippen molar-refractivity contribution in [1.82, 2.24) is 9.97 Å². The molecule has 0 radical (unpaired) electrons. The number of hydrogen-bond acceptors (Lipinski definition) is 4. The zero-order valence-corrected chi connectivity index (χ0v) is 12.9. The van der Waals surface area contributed by atoms with E-state index in [1.807, 2.05) is 19.9 Å². The van der Waals surface area contributed by atoms with E-state index in [-0.39, 0.29) is 5.41 Å². The van der Waals surface area contributed by atoms with Crippen LogP contribution in [0.15, 0.2) is 10.7 Å². The average Bonchev–Trinajstić information content (AvgIpc) is 2.26. The molecular weight excluding hydrogens is 294 g/mol. The monoisotopic (exact) mass is 313 g/mol. The molecule has 0 amide bonds. The molecule has 5 heteroatoms. The first-order valence-electron chi connectivity index (χ1n) is 6.32. The number of aryl methyl sites for hydroxylation is 1. The molecule has 2 atom stereocenters. The van der Waals surface area contributed by atoms with Gasteiger partial charge in [-0.15, -0.1) is 0 Å². The van der Waals surface area contributed by atoms with E-state index >= 15 is 0 Å². The van der Waals surface area contributed by atoms with Gasteiger partial charge in [0.2, 0.25) is 0 Å². The first kappa shape index (κ1) is 13.7. The maximum atomic E-state index is 5.73. The molecule has 18 heavy (non-hydrogen) atoms. The minimum absolute atomic E-state index is 0.140. The molecule has 2 rings (SSSR count). The van der Waals surface area contributed by atoms with Crippen LogP contribution in [0.1, 0.15) is 33.0 Å². The van der Waals surface area contributed by atoms with Gasteiger partial charge < -0.3 is 10.1 Å². The summed E-state index contributed by atoms with van der Waals surface area (Å²) in [5, 5.41) is 3.48. The van der Waals surface area contributed by atoms with Gasteiger partial charge in [0, 0.05) is 24.1 Å². The number of ether oxygens (including phenoxy) is 1. The Kier molecular flexibility index (Phi) is 3.92. The summed E-state index contributed by atoms with van der Waals surface area (Å²) in [5.41, 5.74) is 0.140. The van der Waals surface area contributed by atoms with Crippen molar-refractivity contribution in [2.24, 2.45) is 5.41 Å². The Labute approximate surface area is 117 Å². The predicted octanol–water partition coefficient (Wildman–Crippen LogP) is 3.16. The third-order valence-corrected chi connectivity index (χ3v) is 4.08. The summed E-state index contributed by atoms with van der Waals surface area (Å²) in [4.78, 5) is 8.61. The minimum Gasteiger partial charge on any atom is -0.378 e. The largest absolute Gasteiger partial charge is 0.378 e. The highest BCUT2D eigenvalue weighted by atomic mass is 79.9. The van der Waals surface area contributed by atoms with Crippen LogP contribution in [0.4, 0.5) is 5.82 Å². The van der Waals surface area contributed by atoms with Gasteiger partial charge in [0.15, 0.2) is 0 Å². The number of nitrogens with one attached hydrogen (secondary N) is 1. The van der Waals surface area contributed by atoms with Crippen molar-refractivity contribution in [1.29, 1.82) is 0 Å². The second kappa shape index (κ2) is 5.13. The van der Waals surface area contributed by atoms with Crippen LogP contribution in [0.5, 0.6) is 0 Å². The molecule has 1 saturated carbocycles. The maximum Gasteiger partial charge on any atom is 0.131 e. The van der Waals surface area contributed by atoms with Gasteiger partial charge >= 0.3 is 0 Å². The first-order chi connectivity index (χ1) is 8.43. The maximum absolute atomic E-state index is 5.73. The summed E-state index contributed by atoms with van der Waals surface area (Å²) < 4.78 is 6.54. The Morgan fingerprint density at radius 3 is 2.78 bits per heavy atom. The molecule has 0 spiro atoms. The van der Waals surface area contributed by atoms with Gasteiger partial charge in [0.25, 0.3) is 0 Å². The van der Waals surface area contributed by atoms with Gasteiger partial charge in [-0.3, -0.25) is 0 Å². The van der Waals surface area contributed by atoms with E-state index in [4.69, 9.17) is 4.74 Å². The van der Waals surface area contributed by atoms with E-state index in [9.17, 15) is 0 Å². The lowest BCUT2D eigenvalue weighted by Gasteiger charge is -2.51. The van der Waals surface area contributed by atoms with E-state index in [1.165, 1.54) is 0 Å². The van der Waals surface area contributed by atoms with Crippen molar-refractivity contribution in [3.63, 3.8) is 0 Å². The van der Waals surface area contributed by atoms with Gasteiger partial charge in [0.1, 0.15) is 16.2 Å². The van der Waals surface area contributed by atoms with Gasteiger partial charge in [-0.2, -0.15) is 0 Å². The minimum atomic E-state index is 0.140. The summed E-state index contributed by atoms with van der Waals surface area (Å²) >= 11 is 3.39. The molecule has 2 unspecified atom stereocenters. The van der Waals surface area contributed by atoms with Crippen molar-refractivity contribution >= 4 is 21.7 Å². The van der Waals surface area contributed by atoms with Crippen LogP contribution in [0.25, 0.3) is 0 Å². The Bertz CT molecular complexity index is 416. The molecule has 1 fully saturated rings. The van der Waals surface area contributed by atoms with Crippen LogP contribution in [-0.2, 0) is 4.74 Å². The quantitative estimate of drug-likeness (QED) is 0.867. The molecule has 1 heterocycles. The van der Waals surface area contributed by atoms with Gasteiger partial charge in [-0.25, -0.2) is 9.97 Å². The third-order valence-electron chi connectivity index (χ3n) is 3.67. The van der Waals surface area contributed by atoms with Crippen LogP contribution in [0.3, 0.4) is 0 Å². The standard InChI is InChI=1S/C13H20BrN3O/c1-5-18-10-6-9(13(10,3)4)17-12-7-11(14)15-8(2)16-12/h7,9-10H,5-6H2,1-4H3,(H,15,16,17). The molecule has 0 aliphatic heterocycles. The molecular formula is C13H20BrN3O. The topological polar surface area (TPSA) is 47.0 Å². The zero-order valence-electron chi connectivity index (χ0n) is 11.3. The van der Waals surface area contributed by atoms with Crippen molar-refractivity contribution < 1.29 is 4.74 Å². The van der Waals surface area contributed by atoms with Crippen LogP contribution >= 0.6 is 15.9 Å². The summed E-state index contributed by atoms with van der Waals surface area (Å²) in [7, 11) is 0. The number of hydrogen-bond donors (Lipinski definition) is 1. The second-order valence-corrected chi connectivity index (χ2v) is 6.13. The fourth-order valence-corrected chi connectivity index (χ4v) is 2.87. The van der Waals surface area contributed by atoms with Crippen molar-refractivity contribution in [2.75, 3.05) is 11.9 Å². The Morgan fingerprint density at radius 2 is 2.22 bits per heavy atom. The molecule has 0 aromatic carbocycles. The normalized spacial score (nSPS) is 25.6. The smallest absolute Gasteiger partial charge is 0.131 e. The molecule has 1 aromatic rings. The number of aromatic nitrogens is 2. The summed E-state index contributed by atoms with van der Waals surface area (Å²) in [6.07, 6.45) is 1.37. The van der Waals surface area contributed by atoms with E-state index in [1.54, 1.807) is 0 Å². The number of nitrogens with zero attached hydrogens (tertiary/aromatic N) is 2. The lowest BCUT2D eigenvalue weighted by atomic mass is 9.64. The van der Waals surface area contributed by atoms with E-state index < -0.39 is 0 Å². The van der Waals surface area contributed by atoms with Gasteiger partial charge in [-0.05, 0) is 36.2 Å². The molecule has 1 aliphatic carbocycles. The van der Waals surface area contributed by atoms with Crippen LogP contribution in [0, 0.1) is 12.3 Å². The SMILES string of the molecule is CCOC1CC(Nc2cc(Br)nc(C)n2)C1(C)C. The highest BCUT2D eigenvalue weighted by Gasteiger charge is 2.49. The van der Waals surface area contributed by atoms with Crippen molar-refractivity contribution in [3.8, 4) is 0 Å². The number of halogens is 1. The number of anilines is 1. The van der Waals surface area contributed by atoms with Crippen LogP contribution in [-0.4, -0.2) is 28.7 Å². The molecule has 0 saturated heterocycles. The van der Waals surface area contributed by atoms with Gasteiger partial charge in [0.05, 0.1) is 6.10 Å². The summed E-state index contributed by atoms with van der Waals surface area (Å²) in [6.45, 7) is 9.18. The molecule has 100 valence electrons. The summed E-state index contributed by atoms with van der Waals surface area (Å²) in [5.74, 6) is 1.65. The predicted molar refractivity (Wildman–Crippen MR) is 75.7 cm³/mol. The zero-order chi connectivity index (χ0) is 13.3.